The third kappa shape index (κ3) is 6.09. The molecule has 11 heteroatoms. The number of nitriles is 1. The minimum Gasteiger partial charge on any atom is -0.408 e. The zero-order chi connectivity index (χ0) is 25.0. The van der Waals surface area contributed by atoms with E-state index in [-0.39, 0.29) is 23.4 Å². The van der Waals surface area contributed by atoms with Gasteiger partial charge in [-0.25, -0.2) is 4.79 Å². The Morgan fingerprint density at radius 1 is 1.23 bits per heavy atom. The Morgan fingerprint density at radius 2 is 1.97 bits per heavy atom. The summed E-state index contributed by atoms with van der Waals surface area (Å²) in [5.74, 6) is -1.42. The summed E-state index contributed by atoms with van der Waals surface area (Å²) in [6, 6.07) is 13.0. The lowest BCUT2D eigenvalue weighted by molar-refractivity contribution is -0.140. The molecule has 1 aliphatic heterocycles. The first kappa shape index (κ1) is 24.5. The van der Waals surface area contributed by atoms with Gasteiger partial charge in [0, 0.05) is 19.6 Å². The van der Waals surface area contributed by atoms with Crippen LogP contribution >= 0.6 is 0 Å². The Labute approximate surface area is 198 Å². The Bertz CT molecular complexity index is 1280. The van der Waals surface area contributed by atoms with Crippen molar-refractivity contribution >= 4 is 17.0 Å². The maximum atomic E-state index is 12.9. The molecule has 0 saturated carbocycles. The molecule has 1 aliphatic rings. The van der Waals surface area contributed by atoms with Gasteiger partial charge in [-0.3, -0.25) is 9.36 Å². The third-order valence-corrected chi connectivity index (χ3v) is 5.64. The van der Waals surface area contributed by atoms with Gasteiger partial charge in [0.1, 0.15) is 18.7 Å². The van der Waals surface area contributed by atoms with Crippen LogP contribution < -0.4 is 16.4 Å². The van der Waals surface area contributed by atoms with Gasteiger partial charge in [-0.1, -0.05) is 30.3 Å². The van der Waals surface area contributed by atoms with E-state index in [4.69, 9.17) is 9.15 Å². The number of rotatable bonds is 6. The minimum atomic E-state index is -4.57. The molecule has 35 heavy (non-hydrogen) atoms. The van der Waals surface area contributed by atoms with Crippen molar-refractivity contribution in [3.05, 3.63) is 58.6 Å². The highest BCUT2D eigenvalue weighted by Gasteiger charge is 2.30. The van der Waals surface area contributed by atoms with Gasteiger partial charge < -0.3 is 19.8 Å². The van der Waals surface area contributed by atoms with Crippen LogP contribution in [0.15, 0.2) is 51.7 Å². The predicted molar refractivity (Wildman–Crippen MR) is 120 cm³/mol. The maximum absolute atomic E-state index is 12.9. The fourth-order valence-electron chi connectivity index (χ4n) is 3.92. The van der Waals surface area contributed by atoms with E-state index < -0.39 is 30.6 Å². The number of hydrogen-bond donors (Lipinski definition) is 2. The van der Waals surface area contributed by atoms with E-state index in [9.17, 15) is 28.0 Å². The number of carbonyl (C=O) groups excluding carboxylic acids is 1. The molecule has 1 saturated heterocycles. The molecule has 184 valence electrons. The molecule has 2 N–H and O–H groups in total. The number of carbonyl (C=O) groups is 1. The van der Waals surface area contributed by atoms with Crippen molar-refractivity contribution in [2.24, 2.45) is 0 Å². The summed E-state index contributed by atoms with van der Waals surface area (Å²) in [5.41, 5.74) is 2.22. The van der Waals surface area contributed by atoms with Crippen LogP contribution in [-0.4, -0.2) is 48.5 Å². The van der Waals surface area contributed by atoms with Gasteiger partial charge in [0.05, 0.1) is 11.6 Å². The quantitative estimate of drug-likeness (QED) is 0.552. The van der Waals surface area contributed by atoms with Gasteiger partial charge in [-0.2, -0.15) is 18.4 Å². The summed E-state index contributed by atoms with van der Waals surface area (Å²) in [7, 11) is 0. The number of benzene rings is 2. The molecule has 8 nitrogen and oxygen atoms in total. The number of amides is 1. The van der Waals surface area contributed by atoms with Crippen LogP contribution in [-0.2, 0) is 22.5 Å². The van der Waals surface area contributed by atoms with Crippen LogP contribution in [0.4, 0.5) is 13.2 Å². The first-order valence-electron chi connectivity index (χ1n) is 11.1. The van der Waals surface area contributed by atoms with E-state index in [2.05, 4.69) is 16.7 Å². The molecule has 0 radical (unpaired) electrons. The van der Waals surface area contributed by atoms with E-state index in [0.29, 0.717) is 28.8 Å². The van der Waals surface area contributed by atoms with Gasteiger partial charge in [-0.05, 0) is 41.8 Å². The van der Waals surface area contributed by atoms with E-state index in [1.165, 1.54) is 12.1 Å². The highest BCUT2D eigenvalue weighted by atomic mass is 19.4. The monoisotopic (exact) mass is 488 g/mol. The topological polar surface area (TPSA) is 109 Å². The van der Waals surface area contributed by atoms with Crippen molar-refractivity contribution in [1.29, 1.82) is 5.26 Å². The molecular weight excluding hydrogens is 465 g/mol. The lowest BCUT2D eigenvalue weighted by Crippen LogP contribution is -2.46. The zero-order valence-electron chi connectivity index (χ0n) is 18.6. The van der Waals surface area contributed by atoms with Crippen LogP contribution in [0, 0.1) is 11.3 Å². The van der Waals surface area contributed by atoms with Crippen molar-refractivity contribution < 1.29 is 27.1 Å². The van der Waals surface area contributed by atoms with Crippen molar-refractivity contribution in [2.45, 2.75) is 37.7 Å². The van der Waals surface area contributed by atoms with Gasteiger partial charge >= 0.3 is 11.9 Å². The SMILES string of the molecule is N#C[C@H](Cc1ccc(-c2ccc3oc(=O)n(CC(F)(F)F)c3c2)cc1)NC(=O)[C@@H]1CNCCCO1. The van der Waals surface area contributed by atoms with Gasteiger partial charge in [0.25, 0.3) is 5.91 Å². The molecule has 1 aromatic heterocycles. The average Bonchev–Trinajstić information content (AvgIpc) is 2.99. The van der Waals surface area contributed by atoms with E-state index in [1.54, 1.807) is 30.3 Å². The second kappa shape index (κ2) is 10.3. The molecule has 3 aromatic rings. The molecule has 0 unspecified atom stereocenters. The molecule has 4 rings (SSSR count). The highest BCUT2D eigenvalue weighted by molar-refractivity contribution is 5.82. The Morgan fingerprint density at radius 3 is 2.69 bits per heavy atom. The lowest BCUT2D eigenvalue weighted by atomic mass is 10.0. The Balaban J connectivity index is 1.47. The molecular formula is C24H23F3N4O4. The second-order valence-corrected chi connectivity index (χ2v) is 8.26. The van der Waals surface area contributed by atoms with E-state index in [0.717, 1.165) is 18.5 Å². The van der Waals surface area contributed by atoms with Gasteiger partial charge in [0.15, 0.2) is 5.58 Å². The summed E-state index contributed by atoms with van der Waals surface area (Å²) in [6.45, 7) is 0.188. The number of hydrogen-bond acceptors (Lipinski definition) is 6. The Kier molecular flexibility index (Phi) is 7.23. The van der Waals surface area contributed by atoms with Crippen molar-refractivity contribution in [1.82, 2.24) is 15.2 Å². The Hall–Kier alpha value is -3.62. The maximum Gasteiger partial charge on any atom is 0.420 e. The van der Waals surface area contributed by atoms with Crippen molar-refractivity contribution in [3.8, 4) is 17.2 Å². The number of nitrogens with one attached hydrogen (secondary N) is 2. The fourth-order valence-corrected chi connectivity index (χ4v) is 3.92. The molecule has 1 amide bonds. The number of aromatic nitrogens is 1. The summed E-state index contributed by atoms with van der Waals surface area (Å²) in [6.07, 6.45) is -4.13. The first-order valence-corrected chi connectivity index (χ1v) is 11.1. The largest absolute Gasteiger partial charge is 0.420 e. The minimum absolute atomic E-state index is 0.0522. The van der Waals surface area contributed by atoms with Crippen LogP contribution in [0.3, 0.4) is 0 Å². The number of alkyl halides is 3. The first-order chi connectivity index (χ1) is 16.7. The third-order valence-electron chi connectivity index (χ3n) is 5.64. The zero-order valence-corrected chi connectivity index (χ0v) is 18.6. The van der Waals surface area contributed by atoms with Gasteiger partial charge in [0.2, 0.25) is 0 Å². The van der Waals surface area contributed by atoms with Crippen molar-refractivity contribution in [2.75, 3.05) is 19.7 Å². The van der Waals surface area contributed by atoms with Crippen LogP contribution in [0.1, 0.15) is 12.0 Å². The fraction of sp³-hybridized carbons (Fsp3) is 0.375. The molecule has 2 atom stereocenters. The number of oxazole rings is 1. The molecule has 2 heterocycles. The summed E-state index contributed by atoms with van der Waals surface area (Å²) in [5, 5.41) is 15.3. The van der Waals surface area contributed by atoms with Gasteiger partial charge in [-0.15, -0.1) is 0 Å². The molecule has 0 bridgehead atoms. The van der Waals surface area contributed by atoms with Crippen LogP contribution in [0.5, 0.6) is 0 Å². The average molecular weight is 488 g/mol. The molecule has 0 aliphatic carbocycles. The number of halogens is 3. The standard InChI is InChI=1S/C24H23F3N4O4/c25-24(26,27)14-31-19-11-17(6-7-20(19)35-23(31)33)16-4-2-15(3-5-16)10-18(12-28)30-22(32)21-13-29-8-1-9-34-21/h2-7,11,18,21,29H,1,8-10,13-14H2,(H,30,32)/t18-,21-/m0/s1. The number of ether oxygens (including phenoxy) is 1. The summed E-state index contributed by atoms with van der Waals surface area (Å²) in [4.78, 5) is 24.3. The predicted octanol–water partition coefficient (Wildman–Crippen LogP) is 2.75. The normalized spacial score (nSPS) is 17.5. The molecule has 2 aromatic carbocycles. The summed E-state index contributed by atoms with van der Waals surface area (Å²) >= 11 is 0. The number of fused-ring (bicyclic) bond motifs is 1. The molecule has 0 spiro atoms. The molecule has 1 fully saturated rings. The second-order valence-electron chi connectivity index (χ2n) is 8.26. The van der Waals surface area contributed by atoms with E-state index >= 15 is 0 Å². The van der Waals surface area contributed by atoms with Crippen molar-refractivity contribution in [3.63, 3.8) is 0 Å². The van der Waals surface area contributed by atoms with Crippen LogP contribution in [0.25, 0.3) is 22.2 Å². The van der Waals surface area contributed by atoms with Crippen LogP contribution in [0.2, 0.25) is 0 Å². The lowest BCUT2D eigenvalue weighted by Gasteiger charge is -2.18. The highest BCUT2D eigenvalue weighted by Crippen LogP contribution is 2.26. The van der Waals surface area contributed by atoms with E-state index in [1.807, 2.05) is 0 Å². The summed E-state index contributed by atoms with van der Waals surface area (Å²) < 4.78 is 49.6. The number of nitrogens with zero attached hydrogens (tertiary/aromatic N) is 2. The smallest absolute Gasteiger partial charge is 0.408 e.